The molecule has 0 spiro atoms. The van der Waals surface area contributed by atoms with Crippen LogP contribution in [-0.4, -0.2) is 49.5 Å². The molecule has 1 aliphatic rings. The number of thiocarbonyl (C=S) groups is 1. The summed E-state index contributed by atoms with van der Waals surface area (Å²) in [5.41, 5.74) is 5.99. The van der Waals surface area contributed by atoms with E-state index in [1.54, 1.807) is 0 Å². The van der Waals surface area contributed by atoms with Gasteiger partial charge in [0.2, 0.25) is 0 Å². The maximum absolute atomic E-state index is 6.13. The Hall–Kier alpha value is -1.89. The molecule has 2 rings (SSSR count). The van der Waals surface area contributed by atoms with Crippen molar-refractivity contribution in [3.63, 3.8) is 0 Å². The normalized spacial score (nSPS) is 15.6. The monoisotopic (exact) mass is 530 g/mol. The van der Waals surface area contributed by atoms with Crippen molar-refractivity contribution in [2.45, 2.75) is 87.7 Å². The second-order valence-electron chi connectivity index (χ2n) is 11.0. The average Bonchev–Trinajstić information content (AvgIpc) is 2.82. The van der Waals surface area contributed by atoms with Crippen molar-refractivity contribution in [3.8, 4) is 5.75 Å². The van der Waals surface area contributed by atoms with E-state index in [2.05, 4.69) is 94.1 Å². The quantitative estimate of drug-likeness (QED) is 0.163. The van der Waals surface area contributed by atoms with Crippen molar-refractivity contribution in [2.24, 2.45) is 11.3 Å². The van der Waals surface area contributed by atoms with Gasteiger partial charge >= 0.3 is 0 Å². The lowest BCUT2D eigenvalue weighted by atomic mass is 9.87. The van der Waals surface area contributed by atoms with Crippen molar-refractivity contribution < 1.29 is 4.74 Å². The van der Waals surface area contributed by atoms with Crippen molar-refractivity contribution in [1.29, 1.82) is 0 Å². The van der Waals surface area contributed by atoms with E-state index < -0.39 is 0 Å². The molecule has 0 radical (unpaired) electrons. The van der Waals surface area contributed by atoms with Crippen molar-refractivity contribution in [3.05, 3.63) is 52.7 Å². The summed E-state index contributed by atoms with van der Waals surface area (Å²) in [6.07, 6.45) is 5.53. The average molecular weight is 531 g/mol. The summed E-state index contributed by atoms with van der Waals surface area (Å²) in [5, 5.41) is 10.6. The van der Waals surface area contributed by atoms with Gasteiger partial charge in [0.25, 0.3) is 5.17 Å². The second-order valence-corrected chi connectivity index (χ2v) is 11.3. The van der Waals surface area contributed by atoms with Gasteiger partial charge in [0.15, 0.2) is 0 Å². The maximum atomic E-state index is 6.13. The topological polar surface area (TPSA) is 48.6 Å². The summed E-state index contributed by atoms with van der Waals surface area (Å²) >= 11 is 5.63. The molecule has 2 unspecified atom stereocenters. The highest BCUT2D eigenvalue weighted by molar-refractivity contribution is 7.80. The van der Waals surface area contributed by atoms with Gasteiger partial charge in [-0.1, -0.05) is 79.2 Å². The maximum Gasteiger partial charge on any atom is 0.263 e. The summed E-state index contributed by atoms with van der Waals surface area (Å²) in [4.78, 5) is 2.51. The van der Waals surface area contributed by atoms with E-state index in [0.717, 1.165) is 42.0 Å². The number of likely N-dealkylation sites (tertiary alicyclic amines) is 1. The van der Waals surface area contributed by atoms with Gasteiger partial charge < -0.3 is 20.3 Å². The second kappa shape index (κ2) is 16.2. The Morgan fingerprint density at radius 3 is 2.35 bits per heavy atom. The first-order chi connectivity index (χ1) is 17.4. The molecule has 1 fully saturated rings. The third kappa shape index (κ3) is 11.2. The van der Waals surface area contributed by atoms with E-state index in [9.17, 15) is 0 Å². The fourth-order valence-corrected chi connectivity index (χ4v) is 4.03. The smallest absolute Gasteiger partial charge is 0.263 e. The van der Waals surface area contributed by atoms with E-state index in [1.807, 2.05) is 20.9 Å². The van der Waals surface area contributed by atoms with Gasteiger partial charge in [-0.05, 0) is 93.1 Å². The van der Waals surface area contributed by atoms with Crippen LogP contribution in [0.25, 0.3) is 0 Å². The molecule has 2 atom stereocenters. The minimum absolute atomic E-state index is 0.0479. The van der Waals surface area contributed by atoms with Crippen LogP contribution in [0, 0.1) is 25.2 Å². The van der Waals surface area contributed by atoms with Crippen LogP contribution in [0.15, 0.2) is 36.1 Å². The third-order valence-electron chi connectivity index (χ3n) is 7.02. The summed E-state index contributed by atoms with van der Waals surface area (Å²) < 4.78 is 6.13. The number of likely N-dealkylation sites (N-methyl/N-ethyl adjacent to an activating group) is 1. The number of hydrogen-bond donors (Lipinski definition) is 3. The number of nitrogens with one attached hydrogen (secondary N) is 3. The predicted molar refractivity (Wildman–Crippen MR) is 165 cm³/mol. The summed E-state index contributed by atoms with van der Waals surface area (Å²) in [7, 11) is 1.92. The molecule has 1 aromatic rings. The van der Waals surface area contributed by atoms with Crippen LogP contribution in [0.2, 0.25) is 0 Å². The zero-order valence-corrected chi connectivity index (χ0v) is 26.1. The van der Waals surface area contributed by atoms with Crippen LogP contribution in [0.3, 0.4) is 0 Å². The molecule has 37 heavy (non-hydrogen) atoms. The Morgan fingerprint density at radius 1 is 1.19 bits per heavy atom. The summed E-state index contributed by atoms with van der Waals surface area (Å²) in [6.45, 7) is 27.8. The summed E-state index contributed by atoms with van der Waals surface area (Å²) in [6, 6.07) is 4.36. The first kappa shape index (κ1) is 33.1. The fourth-order valence-electron chi connectivity index (χ4n) is 3.82. The number of rotatable bonds is 12. The molecule has 0 aromatic heterocycles. The van der Waals surface area contributed by atoms with Gasteiger partial charge in [-0.3, -0.25) is 5.32 Å². The van der Waals surface area contributed by atoms with Gasteiger partial charge in [-0.2, -0.15) is 0 Å². The van der Waals surface area contributed by atoms with Crippen molar-refractivity contribution in [1.82, 2.24) is 20.9 Å². The fraction of sp³-hybridized carbons (Fsp3) is 0.645. The molecule has 0 saturated carbocycles. The minimum atomic E-state index is -0.193. The molecule has 5 nitrogen and oxygen atoms in total. The lowest BCUT2D eigenvalue weighted by Gasteiger charge is -2.30. The summed E-state index contributed by atoms with van der Waals surface area (Å²) in [5.74, 6) is 1.24. The Bertz CT molecular complexity index is 899. The van der Waals surface area contributed by atoms with Crippen LogP contribution in [0.5, 0.6) is 5.75 Å². The molecule has 0 bridgehead atoms. The molecule has 3 N–H and O–H groups in total. The van der Waals surface area contributed by atoms with Crippen LogP contribution in [0.4, 0.5) is 0 Å². The van der Waals surface area contributed by atoms with E-state index >= 15 is 0 Å². The Morgan fingerprint density at radius 2 is 1.84 bits per heavy atom. The predicted octanol–water partition coefficient (Wildman–Crippen LogP) is 6.50. The molecule has 210 valence electrons. The highest BCUT2D eigenvalue weighted by Crippen LogP contribution is 2.25. The van der Waals surface area contributed by atoms with E-state index in [0.29, 0.717) is 17.6 Å². The SMILES string of the molecule is C=C(CN/C(=C\C(C)CC)C(NC)NC(=S)Oc1cc(C)c(CCN2CCC2)cc1C)C(C)(C)C.CC. The molecule has 1 aliphatic heterocycles. The number of nitrogens with zero attached hydrogens (tertiary/aromatic N) is 1. The molecule has 0 amide bonds. The zero-order valence-electron chi connectivity index (χ0n) is 25.3. The van der Waals surface area contributed by atoms with E-state index in [-0.39, 0.29) is 11.6 Å². The molecule has 1 aromatic carbocycles. The third-order valence-corrected chi connectivity index (χ3v) is 7.22. The van der Waals surface area contributed by atoms with Gasteiger partial charge in [-0.15, -0.1) is 0 Å². The van der Waals surface area contributed by atoms with E-state index in [1.165, 1.54) is 30.6 Å². The van der Waals surface area contributed by atoms with Crippen molar-refractivity contribution >= 4 is 17.4 Å². The van der Waals surface area contributed by atoms with Crippen LogP contribution < -0.4 is 20.7 Å². The highest BCUT2D eigenvalue weighted by Gasteiger charge is 2.20. The zero-order chi connectivity index (χ0) is 28.2. The molecule has 0 aliphatic carbocycles. The van der Waals surface area contributed by atoms with Crippen LogP contribution >= 0.6 is 12.2 Å². The van der Waals surface area contributed by atoms with Gasteiger partial charge in [0, 0.05) is 18.8 Å². The lowest BCUT2D eigenvalue weighted by Crippen LogP contribution is -2.49. The Labute approximate surface area is 233 Å². The number of aryl methyl sites for hydroxylation is 2. The number of hydrogen-bond acceptors (Lipinski definition) is 5. The van der Waals surface area contributed by atoms with Gasteiger partial charge in [-0.25, -0.2) is 0 Å². The first-order valence-corrected chi connectivity index (χ1v) is 14.5. The first-order valence-electron chi connectivity index (χ1n) is 14.1. The molecule has 1 saturated heterocycles. The largest absolute Gasteiger partial charge is 0.432 e. The van der Waals surface area contributed by atoms with Gasteiger partial charge in [0.05, 0.1) is 0 Å². The number of benzene rings is 1. The van der Waals surface area contributed by atoms with Crippen LogP contribution in [0.1, 0.15) is 78.0 Å². The molecule has 1 heterocycles. The molecule has 6 heteroatoms. The van der Waals surface area contributed by atoms with Crippen molar-refractivity contribution in [2.75, 3.05) is 33.2 Å². The Kier molecular flexibility index (Phi) is 14.5. The van der Waals surface area contributed by atoms with E-state index in [4.69, 9.17) is 17.0 Å². The highest BCUT2D eigenvalue weighted by atomic mass is 32.1. The lowest BCUT2D eigenvalue weighted by molar-refractivity contribution is 0.184. The number of allylic oxidation sites excluding steroid dienone is 1. The molecular formula is C31H54N4OS. The van der Waals surface area contributed by atoms with Gasteiger partial charge in [0.1, 0.15) is 11.9 Å². The molecular weight excluding hydrogens is 476 g/mol. The number of ether oxygens (including phenoxy) is 1. The minimum Gasteiger partial charge on any atom is -0.432 e. The standard InChI is InChI=1S/C29H48N4OS.C2H6/c1-10-20(2)16-25(31-19-23(5)29(6,7)8)27(30-9)32-28(35)34-26-18-21(3)24(17-22(26)4)12-15-33-13-11-14-33;1-2/h16-18,20,27,30-31H,5,10-15,19H2,1-4,6-9H3,(H,32,35);1-2H3/b25-16-;. The van der Waals surface area contributed by atoms with Crippen LogP contribution in [-0.2, 0) is 6.42 Å². The Balaban J connectivity index is 0.00000334.